The van der Waals surface area contributed by atoms with E-state index in [1.165, 1.54) is 24.3 Å². The van der Waals surface area contributed by atoms with Crippen LogP contribution in [0.25, 0.3) is 44.8 Å². The highest BCUT2D eigenvalue weighted by Gasteiger charge is 2.22. The zero-order valence-corrected chi connectivity index (χ0v) is 26.1. The molecule has 0 radical (unpaired) electrons. The molecule has 48 heavy (non-hydrogen) atoms. The topological polar surface area (TPSA) is 175 Å². The normalized spacial score (nSPS) is 13.0. The Morgan fingerprint density at radius 2 is 0.896 bits per heavy atom. The van der Waals surface area contributed by atoms with E-state index >= 15 is 0 Å². The molecule has 0 amide bonds. The van der Waals surface area contributed by atoms with Gasteiger partial charge >= 0.3 is 0 Å². The van der Waals surface area contributed by atoms with Crippen LogP contribution in [-0.4, -0.2) is 67.2 Å². The zero-order chi connectivity index (χ0) is 33.4. The van der Waals surface area contributed by atoms with Gasteiger partial charge in [-0.25, -0.2) is 0 Å². The lowest BCUT2D eigenvalue weighted by molar-refractivity contribution is 0.171. The number of aryl methyl sites for hydroxylation is 2. The Balaban J connectivity index is 0.000000152. The van der Waals surface area contributed by atoms with Gasteiger partial charge in [0.25, 0.3) is 0 Å². The number of H-pyrrole nitrogens is 2. The van der Waals surface area contributed by atoms with Gasteiger partial charge < -0.3 is 39.4 Å². The molecule has 0 atom stereocenters. The fourth-order valence-electron chi connectivity index (χ4n) is 5.79. The highest BCUT2D eigenvalue weighted by atomic mass is 16.6. The third-order valence-electron chi connectivity index (χ3n) is 8.03. The maximum Gasteiger partial charge on any atom is 0.161 e. The summed E-state index contributed by atoms with van der Waals surface area (Å²) in [6.45, 7) is 5.96. The van der Waals surface area contributed by atoms with Crippen molar-refractivity contribution in [2.45, 2.75) is 13.8 Å². The molecule has 12 nitrogen and oxygen atoms in total. The van der Waals surface area contributed by atoms with E-state index in [1.54, 1.807) is 12.1 Å². The highest BCUT2D eigenvalue weighted by Crippen LogP contribution is 2.43. The van der Waals surface area contributed by atoms with E-state index in [4.69, 9.17) is 18.9 Å². The number of hydrogen-bond acceptors (Lipinski definition) is 10. The second kappa shape index (κ2) is 12.5. The van der Waals surface area contributed by atoms with Gasteiger partial charge in [-0.05, 0) is 73.5 Å². The molecule has 2 aliphatic rings. The number of aromatic amines is 2. The molecule has 0 fully saturated rings. The van der Waals surface area contributed by atoms with Crippen molar-refractivity contribution in [3.8, 4) is 90.8 Å². The number of nitrogens with zero attached hydrogens (tertiary/aromatic N) is 2. The quantitative estimate of drug-likeness (QED) is 0.124. The van der Waals surface area contributed by atoms with E-state index in [1.807, 2.05) is 50.2 Å². The highest BCUT2D eigenvalue weighted by molar-refractivity contribution is 5.87. The molecule has 4 aromatic carbocycles. The first kappa shape index (κ1) is 30.4. The molecule has 6 N–H and O–H groups in total. The lowest BCUT2D eigenvalue weighted by Gasteiger charge is -2.19. The smallest absolute Gasteiger partial charge is 0.161 e. The summed E-state index contributed by atoms with van der Waals surface area (Å²) in [6.07, 6.45) is 0. The predicted molar refractivity (Wildman–Crippen MR) is 177 cm³/mol. The van der Waals surface area contributed by atoms with Crippen LogP contribution in [0.4, 0.5) is 0 Å². The number of hydrogen-bond donors (Lipinski definition) is 6. The van der Waals surface area contributed by atoms with Crippen molar-refractivity contribution in [2.24, 2.45) is 0 Å². The Bertz CT molecular complexity index is 1990. The van der Waals surface area contributed by atoms with Crippen LogP contribution in [0.3, 0.4) is 0 Å². The van der Waals surface area contributed by atoms with Gasteiger partial charge in [0.05, 0.1) is 0 Å². The van der Waals surface area contributed by atoms with Crippen LogP contribution in [0.15, 0.2) is 72.8 Å². The van der Waals surface area contributed by atoms with Crippen LogP contribution >= 0.6 is 0 Å². The van der Waals surface area contributed by atoms with Gasteiger partial charge in [0.2, 0.25) is 0 Å². The van der Waals surface area contributed by atoms with Crippen LogP contribution in [-0.2, 0) is 0 Å². The summed E-state index contributed by atoms with van der Waals surface area (Å²) in [6, 6.07) is 20.4. The maximum absolute atomic E-state index is 10.2. The first-order chi connectivity index (χ1) is 23.3. The number of ether oxygens (including phenoxy) is 4. The number of phenolic OH excluding ortho intramolecular Hbond substituents is 4. The number of benzene rings is 4. The fourth-order valence-corrected chi connectivity index (χ4v) is 5.79. The largest absolute Gasteiger partial charge is 0.508 e. The molecule has 244 valence electrons. The molecule has 0 saturated heterocycles. The van der Waals surface area contributed by atoms with Crippen molar-refractivity contribution in [3.63, 3.8) is 0 Å². The third-order valence-corrected chi connectivity index (χ3v) is 8.03. The van der Waals surface area contributed by atoms with Crippen molar-refractivity contribution in [2.75, 3.05) is 26.4 Å². The summed E-state index contributed by atoms with van der Waals surface area (Å²) in [4.78, 5) is 0. The molecule has 2 aliphatic heterocycles. The number of aromatic hydroxyl groups is 4. The minimum Gasteiger partial charge on any atom is -0.508 e. The van der Waals surface area contributed by atoms with Crippen molar-refractivity contribution in [1.82, 2.24) is 20.4 Å². The lowest BCUT2D eigenvalue weighted by atomic mass is 9.98. The lowest BCUT2D eigenvalue weighted by Crippen LogP contribution is -2.15. The first-order valence-corrected chi connectivity index (χ1v) is 15.2. The Hall–Kier alpha value is -6.30. The molecule has 4 heterocycles. The molecule has 8 rings (SSSR count). The van der Waals surface area contributed by atoms with Crippen molar-refractivity contribution < 1.29 is 39.4 Å². The Morgan fingerprint density at radius 1 is 0.500 bits per heavy atom. The van der Waals surface area contributed by atoms with Crippen LogP contribution < -0.4 is 18.9 Å². The Labute approximate surface area is 274 Å². The maximum atomic E-state index is 10.2. The number of phenols is 4. The van der Waals surface area contributed by atoms with E-state index in [0.29, 0.717) is 60.4 Å². The van der Waals surface area contributed by atoms with Crippen molar-refractivity contribution >= 4 is 0 Å². The van der Waals surface area contributed by atoms with Gasteiger partial charge in [-0.2, -0.15) is 10.2 Å². The number of rotatable bonds is 4. The third kappa shape index (κ3) is 5.75. The summed E-state index contributed by atoms with van der Waals surface area (Å²) in [5, 5.41) is 53.9. The SMILES string of the molecule is Cc1[nH]nc(-c2ccc(O)cc2O)c1-c1ccc2c(c1)OCCO2.Cc1[nH]nc(-c2ccc(O)cc2O)c1-c1ccc2c(c1)OCCO2. The average Bonchev–Trinajstić information content (AvgIpc) is 3.66. The second-order valence-corrected chi connectivity index (χ2v) is 11.3. The average molecular weight is 649 g/mol. The summed E-state index contributed by atoms with van der Waals surface area (Å²) in [7, 11) is 0. The second-order valence-electron chi connectivity index (χ2n) is 11.3. The number of aromatic nitrogens is 4. The van der Waals surface area contributed by atoms with Crippen molar-refractivity contribution in [1.29, 1.82) is 0 Å². The molecular formula is C36H32N4O8. The molecule has 2 aromatic heterocycles. The zero-order valence-electron chi connectivity index (χ0n) is 26.1. The standard InChI is InChI=1S/2C18H16N2O4/c2*1-10-17(11-2-5-15-16(8-11)24-7-6-23-15)18(20-19-10)13-4-3-12(21)9-14(13)22/h2*2-5,8-9,21-22H,6-7H2,1H3,(H,19,20). The number of fused-ring (bicyclic) bond motifs is 2. The van der Waals surface area contributed by atoms with E-state index < -0.39 is 0 Å². The molecule has 0 saturated carbocycles. The van der Waals surface area contributed by atoms with E-state index in [0.717, 1.165) is 45.1 Å². The van der Waals surface area contributed by atoms with E-state index in [9.17, 15) is 20.4 Å². The van der Waals surface area contributed by atoms with Crippen LogP contribution in [0.2, 0.25) is 0 Å². The van der Waals surface area contributed by atoms with Gasteiger partial charge in [0.15, 0.2) is 23.0 Å². The van der Waals surface area contributed by atoms with Crippen molar-refractivity contribution in [3.05, 3.63) is 84.2 Å². The van der Waals surface area contributed by atoms with Crippen LogP contribution in [0.1, 0.15) is 11.4 Å². The number of nitrogens with one attached hydrogen (secondary N) is 2. The fraction of sp³-hybridized carbons (Fsp3) is 0.167. The molecule has 0 spiro atoms. The molecule has 6 aromatic rings. The van der Waals surface area contributed by atoms with Gasteiger partial charge in [-0.3, -0.25) is 10.2 Å². The van der Waals surface area contributed by atoms with Gasteiger partial charge in [0.1, 0.15) is 60.8 Å². The monoisotopic (exact) mass is 648 g/mol. The summed E-state index contributed by atoms with van der Waals surface area (Å²) in [5.74, 6) is 2.79. The summed E-state index contributed by atoms with van der Waals surface area (Å²) >= 11 is 0. The van der Waals surface area contributed by atoms with Gasteiger partial charge in [-0.1, -0.05) is 12.1 Å². The Morgan fingerprint density at radius 3 is 1.29 bits per heavy atom. The van der Waals surface area contributed by atoms with Crippen LogP contribution in [0.5, 0.6) is 46.0 Å². The van der Waals surface area contributed by atoms with Crippen LogP contribution in [0, 0.1) is 13.8 Å². The molecule has 0 bridgehead atoms. The minimum absolute atomic E-state index is 0.00406. The molecular weight excluding hydrogens is 616 g/mol. The minimum atomic E-state index is -0.0275. The van der Waals surface area contributed by atoms with E-state index in [-0.39, 0.29) is 23.0 Å². The summed E-state index contributed by atoms with van der Waals surface area (Å²) < 4.78 is 22.4. The summed E-state index contributed by atoms with van der Waals surface area (Å²) in [5.41, 5.74) is 7.61. The molecule has 0 aliphatic carbocycles. The van der Waals surface area contributed by atoms with Gasteiger partial charge in [-0.15, -0.1) is 0 Å². The first-order valence-electron chi connectivity index (χ1n) is 15.2. The molecule has 0 unspecified atom stereocenters. The Kier molecular flexibility index (Phi) is 7.89. The molecule has 12 heteroatoms. The van der Waals surface area contributed by atoms with Gasteiger partial charge in [0, 0.05) is 45.8 Å². The van der Waals surface area contributed by atoms with E-state index in [2.05, 4.69) is 20.4 Å². The predicted octanol–water partition coefficient (Wildman–Crippen LogP) is 6.47.